The number of carbonyl (C=O) groups is 1. The molecule has 8 heteroatoms. The molecular formula is C22H27ClN4O3. The van der Waals surface area contributed by atoms with E-state index in [-0.39, 0.29) is 36.5 Å². The number of imidazole rings is 1. The quantitative estimate of drug-likeness (QED) is 0.674. The molecule has 1 unspecified atom stereocenters. The number of benzene rings is 2. The van der Waals surface area contributed by atoms with E-state index in [0.717, 1.165) is 28.9 Å². The van der Waals surface area contributed by atoms with E-state index in [1.807, 2.05) is 53.4 Å². The number of aromatic nitrogens is 2. The van der Waals surface area contributed by atoms with Crippen LogP contribution in [0.3, 0.4) is 0 Å². The highest BCUT2D eigenvalue weighted by Gasteiger charge is 2.29. The standard InChI is InChI=1S/C22H26N4O3.ClH/c1-24-17-8-4-5-9-18(17)26(22(24)28)13-11-21(27)25-14-12-23-15-19(25)16-7-3-6-10-20(16)29-2;/h3-10,19,23H,11-15H2,1-2H3;1H. The van der Waals surface area contributed by atoms with Crippen molar-refractivity contribution in [2.45, 2.75) is 19.0 Å². The van der Waals surface area contributed by atoms with Crippen LogP contribution in [-0.4, -0.2) is 46.7 Å². The van der Waals surface area contributed by atoms with E-state index in [1.165, 1.54) is 0 Å². The molecule has 7 nitrogen and oxygen atoms in total. The number of piperazine rings is 1. The molecule has 1 aromatic heterocycles. The lowest BCUT2D eigenvalue weighted by atomic mass is 10.0. The first-order chi connectivity index (χ1) is 14.1. The van der Waals surface area contributed by atoms with Gasteiger partial charge in [0.25, 0.3) is 0 Å². The van der Waals surface area contributed by atoms with Gasteiger partial charge in [-0.1, -0.05) is 30.3 Å². The van der Waals surface area contributed by atoms with Gasteiger partial charge in [0.15, 0.2) is 0 Å². The smallest absolute Gasteiger partial charge is 0.328 e. The molecular weight excluding hydrogens is 404 g/mol. The van der Waals surface area contributed by atoms with Crippen LogP contribution in [0, 0.1) is 0 Å². The Morgan fingerprint density at radius 3 is 2.60 bits per heavy atom. The highest BCUT2D eigenvalue weighted by molar-refractivity contribution is 5.85. The van der Waals surface area contributed by atoms with Gasteiger partial charge in [-0.3, -0.25) is 13.9 Å². The number of nitrogens with one attached hydrogen (secondary N) is 1. The lowest BCUT2D eigenvalue weighted by Gasteiger charge is -2.37. The van der Waals surface area contributed by atoms with E-state index in [9.17, 15) is 9.59 Å². The van der Waals surface area contributed by atoms with Crippen LogP contribution < -0.4 is 15.7 Å². The van der Waals surface area contributed by atoms with Gasteiger partial charge in [-0.2, -0.15) is 0 Å². The second-order valence-electron chi connectivity index (χ2n) is 7.28. The normalized spacial score (nSPS) is 16.3. The summed E-state index contributed by atoms with van der Waals surface area (Å²) >= 11 is 0. The second kappa shape index (κ2) is 9.36. The van der Waals surface area contributed by atoms with Crippen molar-refractivity contribution in [2.75, 3.05) is 26.7 Å². The summed E-state index contributed by atoms with van der Waals surface area (Å²) in [6.07, 6.45) is 0.277. The van der Waals surface area contributed by atoms with Crippen molar-refractivity contribution >= 4 is 29.3 Å². The second-order valence-corrected chi connectivity index (χ2v) is 7.28. The predicted molar refractivity (Wildman–Crippen MR) is 119 cm³/mol. The minimum absolute atomic E-state index is 0. The number of para-hydroxylation sites is 3. The Morgan fingerprint density at radius 2 is 1.83 bits per heavy atom. The summed E-state index contributed by atoms with van der Waals surface area (Å²) < 4.78 is 8.82. The number of halogens is 1. The first-order valence-corrected chi connectivity index (χ1v) is 9.89. The van der Waals surface area contributed by atoms with E-state index in [1.54, 1.807) is 23.3 Å². The number of nitrogens with zero attached hydrogens (tertiary/aromatic N) is 3. The number of hydrogen-bond acceptors (Lipinski definition) is 4. The lowest BCUT2D eigenvalue weighted by Crippen LogP contribution is -2.49. The van der Waals surface area contributed by atoms with Gasteiger partial charge in [0, 0.05) is 45.2 Å². The SMILES string of the molecule is COc1ccccc1C1CNCCN1C(=O)CCn1c(=O)n(C)c2ccccc21.Cl. The fourth-order valence-electron chi connectivity index (χ4n) is 4.15. The molecule has 2 heterocycles. The van der Waals surface area contributed by atoms with Crippen LogP contribution in [0.4, 0.5) is 0 Å². The van der Waals surface area contributed by atoms with E-state index in [4.69, 9.17) is 4.74 Å². The van der Waals surface area contributed by atoms with Gasteiger partial charge >= 0.3 is 5.69 Å². The van der Waals surface area contributed by atoms with Gasteiger partial charge < -0.3 is 15.0 Å². The van der Waals surface area contributed by atoms with Crippen LogP contribution in [0.1, 0.15) is 18.0 Å². The topological polar surface area (TPSA) is 68.5 Å². The summed E-state index contributed by atoms with van der Waals surface area (Å²) in [6.45, 7) is 2.43. The summed E-state index contributed by atoms with van der Waals surface area (Å²) in [6, 6.07) is 15.4. The molecule has 0 saturated carbocycles. The first kappa shape index (κ1) is 21.9. The number of methoxy groups -OCH3 is 1. The van der Waals surface area contributed by atoms with Gasteiger partial charge in [-0.25, -0.2) is 4.79 Å². The molecule has 160 valence electrons. The fourth-order valence-corrected chi connectivity index (χ4v) is 4.15. The molecule has 3 aromatic rings. The average molecular weight is 431 g/mol. The predicted octanol–water partition coefficient (Wildman–Crippen LogP) is 2.33. The van der Waals surface area contributed by atoms with Crippen molar-refractivity contribution in [3.05, 3.63) is 64.6 Å². The number of fused-ring (bicyclic) bond motifs is 1. The molecule has 0 spiro atoms. The third-order valence-electron chi connectivity index (χ3n) is 5.66. The van der Waals surface area contributed by atoms with Crippen molar-refractivity contribution in [2.24, 2.45) is 7.05 Å². The van der Waals surface area contributed by atoms with Crippen molar-refractivity contribution in [1.82, 2.24) is 19.4 Å². The van der Waals surface area contributed by atoms with E-state index in [2.05, 4.69) is 5.32 Å². The molecule has 1 fully saturated rings. The first-order valence-electron chi connectivity index (χ1n) is 9.89. The van der Waals surface area contributed by atoms with Gasteiger partial charge in [0.2, 0.25) is 5.91 Å². The number of rotatable bonds is 5. The molecule has 0 aliphatic carbocycles. The third kappa shape index (κ3) is 3.95. The highest BCUT2D eigenvalue weighted by Crippen LogP contribution is 2.30. The lowest BCUT2D eigenvalue weighted by molar-refractivity contribution is -0.134. The van der Waals surface area contributed by atoms with Crippen LogP contribution in [-0.2, 0) is 18.4 Å². The number of carbonyl (C=O) groups excluding carboxylic acids is 1. The third-order valence-corrected chi connectivity index (χ3v) is 5.66. The minimum Gasteiger partial charge on any atom is -0.496 e. The maximum atomic E-state index is 13.1. The summed E-state index contributed by atoms with van der Waals surface area (Å²) in [5.41, 5.74) is 2.63. The number of hydrogen-bond donors (Lipinski definition) is 1. The Kier molecular flexibility index (Phi) is 6.84. The highest BCUT2D eigenvalue weighted by atomic mass is 35.5. The summed E-state index contributed by atoms with van der Waals surface area (Å²) in [5.74, 6) is 0.825. The maximum absolute atomic E-state index is 13.1. The molecule has 1 aliphatic rings. The van der Waals surface area contributed by atoms with E-state index < -0.39 is 0 Å². The molecule has 0 radical (unpaired) electrons. The van der Waals surface area contributed by atoms with Gasteiger partial charge in [-0.05, 0) is 18.2 Å². The van der Waals surface area contributed by atoms with Crippen LogP contribution in [0.25, 0.3) is 11.0 Å². The molecule has 1 saturated heterocycles. The number of ether oxygens (including phenoxy) is 1. The van der Waals surface area contributed by atoms with Crippen LogP contribution in [0.2, 0.25) is 0 Å². The minimum atomic E-state index is -0.0967. The summed E-state index contributed by atoms with van der Waals surface area (Å²) in [5, 5.41) is 3.37. The Hall–Kier alpha value is -2.77. The molecule has 1 atom stereocenters. The Balaban J connectivity index is 0.00000256. The summed E-state index contributed by atoms with van der Waals surface area (Å²) in [7, 11) is 3.41. The van der Waals surface area contributed by atoms with E-state index in [0.29, 0.717) is 19.6 Å². The molecule has 4 rings (SSSR count). The molecule has 1 aliphatic heterocycles. The fraction of sp³-hybridized carbons (Fsp3) is 0.364. The van der Waals surface area contributed by atoms with Crippen molar-refractivity contribution in [3.8, 4) is 5.75 Å². The number of amides is 1. The largest absolute Gasteiger partial charge is 0.496 e. The van der Waals surface area contributed by atoms with Crippen molar-refractivity contribution in [1.29, 1.82) is 0 Å². The zero-order valence-corrected chi connectivity index (χ0v) is 18.0. The Bertz CT molecular complexity index is 1090. The van der Waals surface area contributed by atoms with Gasteiger partial charge in [0.05, 0.1) is 24.2 Å². The zero-order chi connectivity index (χ0) is 20.4. The molecule has 2 aromatic carbocycles. The van der Waals surface area contributed by atoms with E-state index >= 15 is 0 Å². The molecule has 1 N–H and O–H groups in total. The molecule has 1 amide bonds. The van der Waals surface area contributed by atoms with Crippen LogP contribution in [0.15, 0.2) is 53.3 Å². The average Bonchev–Trinajstić information content (AvgIpc) is 3.02. The Labute approximate surface area is 181 Å². The molecule has 0 bridgehead atoms. The maximum Gasteiger partial charge on any atom is 0.328 e. The Morgan fingerprint density at radius 1 is 1.13 bits per heavy atom. The number of aryl methyl sites for hydroxylation is 2. The summed E-state index contributed by atoms with van der Waals surface area (Å²) in [4.78, 5) is 27.7. The van der Waals surface area contributed by atoms with Crippen LogP contribution >= 0.6 is 12.4 Å². The monoisotopic (exact) mass is 430 g/mol. The van der Waals surface area contributed by atoms with Gasteiger partial charge in [0.1, 0.15) is 5.75 Å². The van der Waals surface area contributed by atoms with Crippen LogP contribution in [0.5, 0.6) is 5.75 Å². The molecule has 30 heavy (non-hydrogen) atoms. The van der Waals surface area contributed by atoms with Crippen molar-refractivity contribution < 1.29 is 9.53 Å². The zero-order valence-electron chi connectivity index (χ0n) is 17.2. The van der Waals surface area contributed by atoms with Crippen molar-refractivity contribution in [3.63, 3.8) is 0 Å². The van der Waals surface area contributed by atoms with Gasteiger partial charge in [-0.15, -0.1) is 12.4 Å².